The van der Waals surface area contributed by atoms with Crippen molar-refractivity contribution in [1.82, 2.24) is 0 Å². The summed E-state index contributed by atoms with van der Waals surface area (Å²) in [6, 6.07) is 5.06. The summed E-state index contributed by atoms with van der Waals surface area (Å²) < 4.78 is 37.0. The predicted octanol–water partition coefficient (Wildman–Crippen LogP) is 3.08. The smallest absolute Gasteiger partial charge is 0.303 e. The molecule has 0 saturated carbocycles. The fourth-order valence-corrected chi connectivity index (χ4v) is 1.29. The molecule has 1 aromatic rings. The van der Waals surface area contributed by atoms with E-state index in [1.807, 2.05) is 0 Å². The van der Waals surface area contributed by atoms with Crippen LogP contribution < -0.4 is 0 Å². The summed E-state index contributed by atoms with van der Waals surface area (Å²) in [5, 5.41) is 0. The first-order valence-corrected chi connectivity index (χ1v) is 4.55. The number of alkyl halides is 3. The molecule has 0 amide bonds. The van der Waals surface area contributed by atoms with Crippen LogP contribution in [0, 0.1) is 5.92 Å². The first kappa shape index (κ1) is 11.8. The molecule has 1 nitrogen and oxygen atoms in total. The van der Waals surface area contributed by atoms with Crippen molar-refractivity contribution < 1.29 is 18.0 Å². The third-order valence-electron chi connectivity index (χ3n) is 2.04. The lowest BCUT2D eigenvalue weighted by atomic mass is 10.0. The molecule has 82 valence electrons. The first-order valence-electron chi connectivity index (χ1n) is 4.55. The highest BCUT2D eigenvalue weighted by Gasteiger charge is 2.30. The monoisotopic (exact) mass is 216 g/mol. The van der Waals surface area contributed by atoms with E-state index in [9.17, 15) is 18.0 Å². The van der Waals surface area contributed by atoms with Crippen molar-refractivity contribution in [3.8, 4) is 0 Å². The zero-order valence-corrected chi connectivity index (χ0v) is 8.21. The quantitative estimate of drug-likeness (QED) is 0.709. The summed E-state index contributed by atoms with van der Waals surface area (Å²) in [4.78, 5) is 10.4. The molecule has 15 heavy (non-hydrogen) atoms. The number of carbonyl (C=O) groups is 1. The molecule has 0 aliphatic carbocycles. The fourth-order valence-electron chi connectivity index (χ4n) is 1.29. The van der Waals surface area contributed by atoms with Crippen molar-refractivity contribution in [2.45, 2.75) is 19.5 Å². The molecule has 0 radical (unpaired) electrons. The van der Waals surface area contributed by atoms with E-state index < -0.39 is 11.7 Å². The topological polar surface area (TPSA) is 17.1 Å². The van der Waals surface area contributed by atoms with Crippen molar-refractivity contribution in [3.63, 3.8) is 0 Å². The van der Waals surface area contributed by atoms with E-state index in [2.05, 4.69) is 0 Å². The summed E-state index contributed by atoms with van der Waals surface area (Å²) in [6.45, 7) is 1.67. The number of carbonyl (C=O) groups excluding carboxylic acids is 1. The summed E-state index contributed by atoms with van der Waals surface area (Å²) in [7, 11) is 0. The lowest BCUT2D eigenvalue weighted by Gasteiger charge is -2.09. The van der Waals surface area contributed by atoms with Crippen LogP contribution in [0.15, 0.2) is 24.3 Å². The van der Waals surface area contributed by atoms with Crippen molar-refractivity contribution in [1.29, 1.82) is 0 Å². The molecule has 0 saturated heterocycles. The molecule has 0 aromatic heterocycles. The second-order valence-corrected chi connectivity index (χ2v) is 3.52. The van der Waals surface area contributed by atoms with Gasteiger partial charge in [0.1, 0.15) is 6.29 Å². The van der Waals surface area contributed by atoms with Gasteiger partial charge in [-0.1, -0.05) is 25.1 Å². The Bertz CT molecular complexity index is 344. The summed E-state index contributed by atoms with van der Waals surface area (Å²) >= 11 is 0. The molecule has 0 N–H and O–H groups in total. The van der Waals surface area contributed by atoms with Crippen LogP contribution in [0.4, 0.5) is 13.2 Å². The van der Waals surface area contributed by atoms with Gasteiger partial charge in [-0.2, -0.15) is 13.2 Å². The van der Waals surface area contributed by atoms with Gasteiger partial charge in [0.2, 0.25) is 0 Å². The van der Waals surface area contributed by atoms with Crippen molar-refractivity contribution in [3.05, 3.63) is 35.4 Å². The van der Waals surface area contributed by atoms with E-state index in [4.69, 9.17) is 0 Å². The van der Waals surface area contributed by atoms with Gasteiger partial charge in [-0.05, 0) is 18.1 Å². The van der Waals surface area contributed by atoms with Crippen LogP contribution in [-0.2, 0) is 17.4 Å². The normalized spacial score (nSPS) is 13.6. The number of hydrogen-bond acceptors (Lipinski definition) is 1. The number of benzene rings is 1. The van der Waals surface area contributed by atoms with Crippen LogP contribution in [0.3, 0.4) is 0 Å². The largest absolute Gasteiger partial charge is 0.416 e. The zero-order chi connectivity index (χ0) is 11.5. The molecule has 1 atom stereocenters. The lowest BCUT2D eigenvalue weighted by molar-refractivity contribution is -0.137. The van der Waals surface area contributed by atoms with Gasteiger partial charge in [0.25, 0.3) is 0 Å². The highest BCUT2D eigenvalue weighted by molar-refractivity contribution is 5.53. The maximum Gasteiger partial charge on any atom is 0.416 e. The van der Waals surface area contributed by atoms with Gasteiger partial charge >= 0.3 is 6.18 Å². The van der Waals surface area contributed by atoms with Crippen LogP contribution in [0.5, 0.6) is 0 Å². The van der Waals surface area contributed by atoms with E-state index in [1.54, 1.807) is 13.0 Å². The average molecular weight is 216 g/mol. The van der Waals surface area contributed by atoms with Crippen molar-refractivity contribution in [2.75, 3.05) is 0 Å². The Morgan fingerprint density at radius 1 is 1.40 bits per heavy atom. The van der Waals surface area contributed by atoms with E-state index in [0.29, 0.717) is 12.0 Å². The number of aldehydes is 1. The average Bonchev–Trinajstić information content (AvgIpc) is 2.17. The minimum absolute atomic E-state index is 0.256. The number of halogens is 3. The van der Waals surface area contributed by atoms with Crippen LogP contribution >= 0.6 is 0 Å². The predicted molar refractivity (Wildman–Crippen MR) is 50.4 cm³/mol. The minimum atomic E-state index is -4.32. The molecular formula is C11H11F3O. The Hall–Kier alpha value is -1.32. The van der Waals surface area contributed by atoms with Gasteiger partial charge in [0.15, 0.2) is 0 Å². The molecule has 0 bridgehead atoms. The van der Waals surface area contributed by atoms with Gasteiger partial charge in [-0.25, -0.2) is 0 Å². The van der Waals surface area contributed by atoms with Gasteiger partial charge in [0.05, 0.1) is 5.56 Å². The fraction of sp³-hybridized carbons (Fsp3) is 0.364. The minimum Gasteiger partial charge on any atom is -0.303 e. The standard InChI is InChI=1S/C11H11F3O/c1-8(7-15)5-9-3-2-4-10(6-9)11(12,13)14/h2-4,6-8H,5H2,1H3. The highest BCUT2D eigenvalue weighted by Crippen LogP contribution is 2.29. The third kappa shape index (κ3) is 3.38. The Balaban J connectivity index is 2.88. The summed E-state index contributed by atoms with van der Waals surface area (Å²) in [5.41, 5.74) is -0.137. The Morgan fingerprint density at radius 2 is 2.07 bits per heavy atom. The molecule has 0 heterocycles. The zero-order valence-electron chi connectivity index (χ0n) is 8.21. The number of rotatable bonds is 3. The van der Waals surface area contributed by atoms with Gasteiger partial charge < -0.3 is 4.79 Å². The van der Waals surface area contributed by atoms with E-state index in [0.717, 1.165) is 18.4 Å². The first-order chi connectivity index (χ1) is 6.93. The molecule has 4 heteroatoms. The van der Waals surface area contributed by atoms with E-state index >= 15 is 0 Å². The highest BCUT2D eigenvalue weighted by atomic mass is 19.4. The second-order valence-electron chi connectivity index (χ2n) is 3.52. The molecule has 0 spiro atoms. The van der Waals surface area contributed by atoms with Crippen LogP contribution in [0.1, 0.15) is 18.1 Å². The maximum absolute atomic E-state index is 12.3. The Morgan fingerprint density at radius 3 is 2.60 bits per heavy atom. The lowest BCUT2D eigenvalue weighted by Crippen LogP contribution is -2.07. The second kappa shape index (κ2) is 4.47. The van der Waals surface area contributed by atoms with Crippen LogP contribution in [0.25, 0.3) is 0 Å². The van der Waals surface area contributed by atoms with E-state index in [-0.39, 0.29) is 5.92 Å². The molecule has 0 aliphatic heterocycles. The van der Waals surface area contributed by atoms with Gasteiger partial charge in [-0.3, -0.25) is 0 Å². The van der Waals surface area contributed by atoms with Crippen LogP contribution in [-0.4, -0.2) is 6.29 Å². The van der Waals surface area contributed by atoms with E-state index in [1.165, 1.54) is 6.07 Å². The van der Waals surface area contributed by atoms with Crippen molar-refractivity contribution >= 4 is 6.29 Å². The van der Waals surface area contributed by atoms with Gasteiger partial charge in [-0.15, -0.1) is 0 Å². The maximum atomic E-state index is 12.3. The molecular weight excluding hydrogens is 205 g/mol. The van der Waals surface area contributed by atoms with Gasteiger partial charge in [0, 0.05) is 5.92 Å². The SMILES string of the molecule is CC(C=O)Cc1cccc(C(F)(F)F)c1. The Labute approximate surface area is 85.9 Å². The molecule has 1 aromatic carbocycles. The molecule has 0 fully saturated rings. The third-order valence-corrected chi connectivity index (χ3v) is 2.04. The van der Waals surface area contributed by atoms with Crippen molar-refractivity contribution in [2.24, 2.45) is 5.92 Å². The summed E-state index contributed by atoms with van der Waals surface area (Å²) in [5.74, 6) is -0.256. The Kier molecular flexibility index (Phi) is 3.50. The molecule has 1 rings (SSSR count). The molecule has 0 aliphatic rings. The summed E-state index contributed by atoms with van der Waals surface area (Å²) in [6.07, 6.45) is -3.24. The van der Waals surface area contributed by atoms with Crippen LogP contribution in [0.2, 0.25) is 0 Å². The molecule has 1 unspecified atom stereocenters. The number of hydrogen-bond donors (Lipinski definition) is 0.